The van der Waals surface area contributed by atoms with E-state index in [1.54, 1.807) is 0 Å². The Balaban J connectivity index is 1.74. The predicted molar refractivity (Wildman–Crippen MR) is 84.1 cm³/mol. The van der Waals surface area contributed by atoms with Gasteiger partial charge in [-0.3, -0.25) is 4.79 Å². The predicted octanol–water partition coefficient (Wildman–Crippen LogP) is 3.08. The van der Waals surface area contributed by atoms with Crippen LogP contribution in [0.15, 0.2) is 18.3 Å². The molecule has 1 aromatic rings. The van der Waals surface area contributed by atoms with Crippen LogP contribution in [0.3, 0.4) is 0 Å². The van der Waals surface area contributed by atoms with E-state index in [1.165, 1.54) is 18.3 Å². The number of hydrogen-bond acceptors (Lipinski definition) is 4. The normalized spacial score (nSPS) is 16.0. The molecule has 1 saturated heterocycles. The fourth-order valence-corrected chi connectivity index (χ4v) is 2.50. The van der Waals surface area contributed by atoms with Crippen LogP contribution in [-0.4, -0.2) is 42.9 Å². The maximum absolute atomic E-state index is 12.8. The third kappa shape index (κ3) is 6.49. The third-order valence-electron chi connectivity index (χ3n) is 3.99. The maximum Gasteiger partial charge on any atom is 0.340 e. The largest absolute Gasteiger partial charge is 0.471 e. The van der Waals surface area contributed by atoms with Gasteiger partial charge in [-0.05, 0) is 44.3 Å². The number of piperidine rings is 1. The van der Waals surface area contributed by atoms with E-state index in [4.69, 9.17) is 0 Å². The summed E-state index contributed by atoms with van der Waals surface area (Å²) in [6, 6.07) is 2.66. The van der Waals surface area contributed by atoms with Crippen molar-refractivity contribution in [3.63, 3.8) is 0 Å². The highest BCUT2D eigenvalue weighted by atomic mass is 19.3. The summed E-state index contributed by atoms with van der Waals surface area (Å²) < 4.78 is 54.1. The summed E-state index contributed by atoms with van der Waals surface area (Å²) in [5, 5.41) is 5.92. The van der Waals surface area contributed by atoms with Crippen molar-refractivity contribution in [3.05, 3.63) is 18.3 Å². The first-order valence-corrected chi connectivity index (χ1v) is 8.12. The van der Waals surface area contributed by atoms with Crippen LogP contribution in [-0.2, 0) is 4.79 Å². The minimum absolute atomic E-state index is 0.154. The molecule has 0 aromatic carbocycles. The maximum atomic E-state index is 12.8. The molecule has 0 aliphatic carbocycles. The highest BCUT2D eigenvalue weighted by molar-refractivity contribution is 5.90. The Morgan fingerprint density at radius 1 is 1.36 bits per heavy atom. The topological polar surface area (TPSA) is 63.2 Å². The highest BCUT2D eigenvalue weighted by Gasteiger charge is 2.41. The summed E-state index contributed by atoms with van der Waals surface area (Å²) in [6.45, 7) is 0.490. The first kappa shape index (κ1) is 19.4. The summed E-state index contributed by atoms with van der Waals surface area (Å²) in [6.07, 6.45) is 0.756. The van der Waals surface area contributed by atoms with Crippen LogP contribution >= 0.6 is 0 Å². The van der Waals surface area contributed by atoms with E-state index >= 15 is 0 Å². The van der Waals surface area contributed by atoms with Crippen molar-refractivity contribution in [2.75, 3.05) is 25.0 Å². The second-order valence-electron chi connectivity index (χ2n) is 6.02. The van der Waals surface area contributed by atoms with Crippen molar-refractivity contribution in [3.8, 4) is 5.88 Å². The van der Waals surface area contributed by atoms with Gasteiger partial charge in [-0.15, -0.1) is 0 Å². The van der Waals surface area contributed by atoms with E-state index in [1.807, 2.05) is 0 Å². The van der Waals surface area contributed by atoms with Crippen LogP contribution in [0.4, 0.5) is 23.2 Å². The number of nitrogens with one attached hydrogen (secondary N) is 2. The molecule has 0 unspecified atom stereocenters. The Morgan fingerprint density at radius 3 is 2.68 bits per heavy atom. The molecule has 0 radical (unpaired) electrons. The van der Waals surface area contributed by atoms with Crippen molar-refractivity contribution in [2.45, 2.75) is 38.0 Å². The molecule has 0 saturated carbocycles. The smallest absolute Gasteiger partial charge is 0.340 e. The number of carbonyl (C=O) groups is 1. The number of alkyl halides is 4. The van der Waals surface area contributed by atoms with Crippen LogP contribution < -0.4 is 15.4 Å². The SMILES string of the molecule is O=C(CCC1CCNCC1)Nc1ccc(OCC(F)(F)C(F)F)nc1. The molecule has 2 N–H and O–H groups in total. The molecule has 9 heteroatoms. The first-order chi connectivity index (χ1) is 11.9. The average molecular weight is 363 g/mol. The molecular weight excluding hydrogens is 342 g/mol. The van der Waals surface area contributed by atoms with Crippen LogP contribution in [0, 0.1) is 5.92 Å². The van der Waals surface area contributed by atoms with Crippen LogP contribution in [0.25, 0.3) is 0 Å². The molecule has 0 atom stereocenters. The van der Waals surface area contributed by atoms with Crippen molar-refractivity contribution in [2.24, 2.45) is 5.92 Å². The van der Waals surface area contributed by atoms with Crippen molar-refractivity contribution in [1.29, 1.82) is 0 Å². The second kappa shape index (κ2) is 8.98. The van der Waals surface area contributed by atoms with Gasteiger partial charge in [0.15, 0.2) is 6.61 Å². The van der Waals surface area contributed by atoms with Gasteiger partial charge in [-0.2, -0.15) is 8.78 Å². The summed E-state index contributed by atoms with van der Waals surface area (Å²) in [4.78, 5) is 15.6. The minimum Gasteiger partial charge on any atom is -0.471 e. The number of anilines is 1. The number of carbonyl (C=O) groups excluding carboxylic acids is 1. The second-order valence-corrected chi connectivity index (χ2v) is 6.02. The molecule has 25 heavy (non-hydrogen) atoms. The van der Waals surface area contributed by atoms with Crippen molar-refractivity contribution < 1.29 is 27.1 Å². The molecule has 0 spiro atoms. The lowest BCUT2D eigenvalue weighted by molar-refractivity contribution is -0.148. The zero-order chi connectivity index (χ0) is 18.3. The fraction of sp³-hybridized carbons (Fsp3) is 0.625. The number of rotatable bonds is 8. The summed E-state index contributed by atoms with van der Waals surface area (Å²) >= 11 is 0. The van der Waals surface area contributed by atoms with Gasteiger partial charge in [0.1, 0.15) is 0 Å². The third-order valence-corrected chi connectivity index (χ3v) is 3.99. The summed E-state index contributed by atoms with van der Waals surface area (Å²) in [5.41, 5.74) is 0.392. The lowest BCUT2D eigenvalue weighted by atomic mass is 9.93. The van der Waals surface area contributed by atoms with Crippen LogP contribution in [0.5, 0.6) is 5.88 Å². The fourth-order valence-electron chi connectivity index (χ4n) is 2.50. The number of nitrogens with zero attached hydrogens (tertiary/aromatic N) is 1. The van der Waals surface area contributed by atoms with Gasteiger partial charge in [0.25, 0.3) is 0 Å². The van der Waals surface area contributed by atoms with E-state index in [0.717, 1.165) is 32.4 Å². The average Bonchev–Trinajstić information content (AvgIpc) is 2.60. The number of ether oxygens (including phenoxy) is 1. The molecule has 2 heterocycles. The van der Waals surface area contributed by atoms with Gasteiger partial charge < -0.3 is 15.4 Å². The van der Waals surface area contributed by atoms with Gasteiger partial charge in [-0.25, -0.2) is 13.8 Å². The van der Waals surface area contributed by atoms with Gasteiger partial charge in [0.2, 0.25) is 11.8 Å². The Kier molecular flexibility index (Phi) is 6.98. The zero-order valence-electron chi connectivity index (χ0n) is 13.6. The first-order valence-electron chi connectivity index (χ1n) is 8.12. The molecule has 5 nitrogen and oxygen atoms in total. The molecule has 1 aliphatic heterocycles. The number of aromatic nitrogens is 1. The summed E-state index contributed by atoms with van der Waals surface area (Å²) in [5.74, 6) is -4.06. The molecule has 1 aromatic heterocycles. The highest BCUT2D eigenvalue weighted by Crippen LogP contribution is 2.24. The number of hydrogen-bond donors (Lipinski definition) is 2. The lowest BCUT2D eigenvalue weighted by Crippen LogP contribution is -2.33. The number of pyridine rings is 1. The Bertz CT molecular complexity index is 549. The van der Waals surface area contributed by atoms with Gasteiger partial charge in [-0.1, -0.05) is 0 Å². The lowest BCUT2D eigenvalue weighted by Gasteiger charge is -2.22. The van der Waals surface area contributed by atoms with Gasteiger partial charge in [0.05, 0.1) is 11.9 Å². The zero-order valence-corrected chi connectivity index (χ0v) is 13.6. The molecule has 1 aliphatic rings. The van der Waals surface area contributed by atoms with E-state index in [2.05, 4.69) is 20.4 Å². The standard InChI is InChI=1S/C16H21F4N3O2/c17-15(18)16(19,20)10-25-14-4-2-12(9-22-14)23-13(24)3-1-11-5-7-21-8-6-11/h2,4,9,11,15,21H,1,3,5-8,10H2,(H,23,24). The molecule has 0 bridgehead atoms. The number of amides is 1. The van der Waals surface area contributed by atoms with Crippen molar-refractivity contribution in [1.82, 2.24) is 10.3 Å². The quantitative estimate of drug-likeness (QED) is 0.697. The van der Waals surface area contributed by atoms with E-state index in [9.17, 15) is 22.4 Å². The Labute approximate surface area is 143 Å². The Hall–Kier alpha value is -1.90. The Morgan fingerprint density at radius 2 is 2.08 bits per heavy atom. The van der Waals surface area contributed by atoms with Crippen LogP contribution in [0.2, 0.25) is 0 Å². The van der Waals surface area contributed by atoms with Gasteiger partial charge >= 0.3 is 12.3 Å². The summed E-state index contributed by atoms with van der Waals surface area (Å²) in [7, 11) is 0. The molecule has 140 valence electrons. The molecule has 2 rings (SSSR count). The van der Waals surface area contributed by atoms with E-state index in [0.29, 0.717) is 18.0 Å². The monoisotopic (exact) mass is 363 g/mol. The molecule has 1 amide bonds. The van der Waals surface area contributed by atoms with Crippen LogP contribution in [0.1, 0.15) is 25.7 Å². The molecular formula is C16H21F4N3O2. The van der Waals surface area contributed by atoms with Crippen molar-refractivity contribution >= 4 is 11.6 Å². The molecule has 1 fully saturated rings. The van der Waals surface area contributed by atoms with E-state index < -0.39 is 19.0 Å². The van der Waals surface area contributed by atoms with Gasteiger partial charge in [0, 0.05) is 12.5 Å². The number of halogens is 4. The van der Waals surface area contributed by atoms with E-state index in [-0.39, 0.29) is 11.8 Å². The minimum atomic E-state index is -4.23.